The summed E-state index contributed by atoms with van der Waals surface area (Å²) in [5.41, 5.74) is 5.38. The van der Waals surface area contributed by atoms with Crippen LogP contribution in [-0.4, -0.2) is 35.9 Å². The molecule has 6 nitrogen and oxygen atoms in total. The SMILES string of the molecule is CCCCCCC(C)OC(=O)NCCCCC(N)C(=O)O. The van der Waals surface area contributed by atoms with Crippen molar-refractivity contribution in [1.82, 2.24) is 5.32 Å². The highest BCUT2D eigenvalue weighted by atomic mass is 16.6. The number of amides is 1. The van der Waals surface area contributed by atoms with E-state index in [0.29, 0.717) is 25.8 Å². The maximum absolute atomic E-state index is 11.5. The largest absolute Gasteiger partial charge is 0.480 e. The van der Waals surface area contributed by atoms with E-state index in [0.717, 1.165) is 12.8 Å². The lowest BCUT2D eigenvalue weighted by Gasteiger charge is -2.14. The lowest BCUT2D eigenvalue weighted by atomic mass is 10.1. The number of hydrogen-bond acceptors (Lipinski definition) is 4. The minimum atomic E-state index is -0.987. The van der Waals surface area contributed by atoms with Crippen LogP contribution in [0.1, 0.15) is 65.2 Å². The standard InChI is InChI=1S/C15H30N2O4/c1-3-4-5-6-9-12(2)21-15(20)17-11-8-7-10-13(16)14(18)19/h12-13H,3-11,16H2,1-2H3,(H,17,20)(H,18,19). The first-order chi connectivity index (χ1) is 9.97. The fourth-order valence-electron chi connectivity index (χ4n) is 1.95. The summed E-state index contributed by atoms with van der Waals surface area (Å²) in [5.74, 6) is -0.987. The van der Waals surface area contributed by atoms with Crippen molar-refractivity contribution < 1.29 is 19.4 Å². The number of carbonyl (C=O) groups is 2. The molecule has 0 saturated heterocycles. The minimum Gasteiger partial charge on any atom is -0.480 e. The van der Waals surface area contributed by atoms with Gasteiger partial charge in [-0.1, -0.05) is 26.2 Å². The Morgan fingerprint density at radius 2 is 1.81 bits per heavy atom. The highest BCUT2D eigenvalue weighted by Crippen LogP contribution is 2.08. The number of nitrogens with one attached hydrogen (secondary N) is 1. The Balaban J connectivity index is 3.51. The van der Waals surface area contributed by atoms with E-state index in [4.69, 9.17) is 15.6 Å². The Morgan fingerprint density at radius 1 is 1.14 bits per heavy atom. The van der Waals surface area contributed by atoms with Crippen molar-refractivity contribution in [2.24, 2.45) is 5.73 Å². The highest BCUT2D eigenvalue weighted by Gasteiger charge is 2.11. The number of alkyl carbamates (subject to hydrolysis) is 1. The molecule has 0 aromatic carbocycles. The second-order valence-electron chi connectivity index (χ2n) is 5.43. The van der Waals surface area contributed by atoms with Crippen molar-refractivity contribution in [3.8, 4) is 0 Å². The normalized spacial score (nSPS) is 13.5. The van der Waals surface area contributed by atoms with Gasteiger partial charge < -0.3 is 20.9 Å². The molecule has 124 valence electrons. The quantitative estimate of drug-likeness (QED) is 0.481. The highest BCUT2D eigenvalue weighted by molar-refractivity contribution is 5.72. The molecule has 0 fully saturated rings. The van der Waals surface area contributed by atoms with Crippen molar-refractivity contribution >= 4 is 12.1 Å². The van der Waals surface area contributed by atoms with E-state index in [9.17, 15) is 9.59 Å². The van der Waals surface area contributed by atoms with E-state index in [1.807, 2.05) is 6.92 Å². The lowest BCUT2D eigenvalue weighted by molar-refractivity contribution is -0.138. The average molecular weight is 302 g/mol. The number of ether oxygens (including phenoxy) is 1. The smallest absolute Gasteiger partial charge is 0.407 e. The molecular formula is C15H30N2O4. The molecule has 0 aliphatic rings. The van der Waals surface area contributed by atoms with E-state index < -0.39 is 18.1 Å². The zero-order chi connectivity index (χ0) is 16.1. The van der Waals surface area contributed by atoms with Crippen LogP contribution in [-0.2, 0) is 9.53 Å². The Morgan fingerprint density at radius 3 is 2.43 bits per heavy atom. The Kier molecular flexibility index (Phi) is 11.7. The Bertz CT molecular complexity index is 297. The zero-order valence-corrected chi connectivity index (χ0v) is 13.3. The van der Waals surface area contributed by atoms with Crippen LogP contribution >= 0.6 is 0 Å². The summed E-state index contributed by atoms with van der Waals surface area (Å²) < 4.78 is 5.23. The molecule has 0 rings (SSSR count). The third-order valence-corrected chi connectivity index (χ3v) is 3.30. The number of carboxylic acids is 1. The maximum atomic E-state index is 11.5. The topological polar surface area (TPSA) is 102 Å². The van der Waals surface area contributed by atoms with Crippen LogP contribution in [0.5, 0.6) is 0 Å². The van der Waals surface area contributed by atoms with Crippen LogP contribution in [0.25, 0.3) is 0 Å². The molecule has 1 amide bonds. The van der Waals surface area contributed by atoms with Gasteiger partial charge >= 0.3 is 12.1 Å². The van der Waals surface area contributed by atoms with Gasteiger partial charge in [-0.25, -0.2) is 4.79 Å². The summed E-state index contributed by atoms with van der Waals surface area (Å²) in [6.07, 6.45) is 6.87. The van der Waals surface area contributed by atoms with Gasteiger partial charge in [0.15, 0.2) is 0 Å². The number of hydrogen-bond donors (Lipinski definition) is 3. The second-order valence-corrected chi connectivity index (χ2v) is 5.43. The first-order valence-corrected chi connectivity index (χ1v) is 7.90. The zero-order valence-electron chi connectivity index (χ0n) is 13.3. The molecule has 0 saturated carbocycles. The molecule has 0 aliphatic carbocycles. The summed E-state index contributed by atoms with van der Waals surface area (Å²) >= 11 is 0. The molecule has 2 atom stereocenters. The summed E-state index contributed by atoms with van der Waals surface area (Å²) in [6.45, 7) is 4.54. The van der Waals surface area contributed by atoms with Crippen LogP contribution in [0, 0.1) is 0 Å². The predicted octanol–water partition coefficient (Wildman–Crippen LogP) is 2.65. The van der Waals surface area contributed by atoms with Crippen LogP contribution in [0.3, 0.4) is 0 Å². The van der Waals surface area contributed by atoms with Crippen molar-refractivity contribution in [3.05, 3.63) is 0 Å². The van der Waals surface area contributed by atoms with Gasteiger partial charge in [-0.3, -0.25) is 4.79 Å². The van der Waals surface area contributed by atoms with E-state index in [-0.39, 0.29) is 6.10 Å². The third-order valence-electron chi connectivity index (χ3n) is 3.30. The van der Waals surface area contributed by atoms with Crippen LogP contribution in [0.2, 0.25) is 0 Å². The molecule has 4 N–H and O–H groups in total. The third kappa shape index (κ3) is 12.2. The minimum absolute atomic E-state index is 0.0673. The van der Waals surface area contributed by atoms with Gasteiger partial charge in [0, 0.05) is 6.54 Å². The number of nitrogens with two attached hydrogens (primary N) is 1. The van der Waals surface area contributed by atoms with Crippen molar-refractivity contribution in [2.75, 3.05) is 6.54 Å². The molecule has 21 heavy (non-hydrogen) atoms. The number of rotatable bonds is 12. The second kappa shape index (κ2) is 12.4. The van der Waals surface area contributed by atoms with Crippen LogP contribution < -0.4 is 11.1 Å². The molecule has 6 heteroatoms. The fraction of sp³-hybridized carbons (Fsp3) is 0.867. The number of unbranched alkanes of at least 4 members (excludes halogenated alkanes) is 4. The monoisotopic (exact) mass is 302 g/mol. The molecule has 0 spiro atoms. The molecule has 0 bridgehead atoms. The first-order valence-electron chi connectivity index (χ1n) is 7.90. The summed E-state index contributed by atoms with van der Waals surface area (Å²) in [6, 6.07) is -0.819. The van der Waals surface area contributed by atoms with Crippen molar-refractivity contribution in [3.63, 3.8) is 0 Å². The van der Waals surface area contributed by atoms with Crippen molar-refractivity contribution in [2.45, 2.75) is 77.4 Å². The lowest BCUT2D eigenvalue weighted by Crippen LogP contribution is -2.31. The van der Waals surface area contributed by atoms with Gasteiger partial charge in [-0.15, -0.1) is 0 Å². The van der Waals surface area contributed by atoms with Gasteiger partial charge in [0.1, 0.15) is 12.1 Å². The molecule has 0 radical (unpaired) electrons. The predicted molar refractivity (Wildman–Crippen MR) is 82.2 cm³/mol. The number of carboxylic acid groups (broad SMARTS) is 1. The molecular weight excluding hydrogens is 272 g/mol. The van der Waals surface area contributed by atoms with Gasteiger partial charge in [0.25, 0.3) is 0 Å². The fourth-order valence-corrected chi connectivity index (χ4v) is 1.95. The van der Waals surface area contributed by atoms with E-state index in [2.05, 4.69) is 12.2 Å². The van der Waals surface area contributed by atoms with Crippen molar-refractivity contribution in [1.29, 1.82) is 0 Å². The molecule has 0 heterocycles. The van der Waals surface area contributed by atoms with Crippen LogP contribution in [0.4, 0.5) is 4.79 Å². The summed E-state index contributed by atoms with van der Waals surface area (Å²) in [5, 5.41) is 11.3. The molecule has 2 unspecified atom stereocenters. The van der Waals surface area contributed by atoms with Gasteiger partial charge in [-0.05, 0) is 39.0 Å². The van der Waals surface area contributed by atoms with E-state index >= 15 is 0 Å². The molecule has 0 aromatic rings. The Hall–Kier alpha value is -1.30. The summed E-state index contributed by atoms with van der Waals surface area (Å²) in [7, 11) is 0. The molecule has 0 aliphatic heterocycles. The van der Waals surface area contributed by atoms with E-state index in [1.54, 1.807) is 0 Å². The van der Waals surface area contributed by atoms with Gasteiger partial charge in [-0.2, -0.15) is 0 Å². The first kappa shape index (κ1) is 19.7. The number of aliphatic carboxylic acids is 1. The van der Waals surface area contributed by atoms with Gasteiger partial charge in [0.05, 0.1) is 0 Å². The maximum Gasteiger partial charge on any atom is 0.407 e. The molecule has 0 aromatic heterocycles. The Labute approximate surface area is 127 Å². The average Bonchev–Trinajstić information content (AvgIpc) is 2.42. The van der Waals surface area contributed by atoms with Gasteiger partial charge in [0.2, 0.25) is 0 Å². The summed E-state index contributed by atoms with van der Waals surface area (Å²) in [4.78, 5) is 22.0. The van der Waals surface area contributed by atoms with Crippen LogP contribution in [0.15, 0.2) is 0 Å². The van der Waals surface area contributed by atoms with E-state index in [1.165, 1.54) is 19.3 Å². The number of carbonyl (C=O) groups excluding carboxylic acids is 1.